The Morgan fingerprint density at radius 3 is 2.41 bits per heavy atom. The Bertz CT molecular complexity index is 430. The summed E-state index contributed by atoms with van der Waals surface area (Å²) in [6.07, 6.45) is 0.903. The summed E-state index contributed by atoms with van der Waals surface area (Å²) < 4.78 is 30.9. The normalized spacial score (nSPS) is 12.3. The van der Waals surface area contributed by atoms with Gasteiger partial charge in [-0.1, -0.05) is 0 Å². The van der Waals surface area contributed by atoms with Crippen molar-refractivity contribution < 1.29 is 23.4 Å². The Morgan fingerprint density at radius 2 is 1.94 bits per heavy atom. The average molecular weight is 246 g/mol. The lowest BCUT2D eigenvalue weighted by molar-refractivity contribution is -0.152. The second-order valence-electron chi connectivity index (χ2n) is 4.05. The molecule has 0 bridgehead atoms. The van der Waals surface area contributed by atoms with Crippen molar-refractivity contribution in [2.45, 2.75) is 32.3 Å². The summed E-state index contributed by atoms with van der Waals surface area (Å²) in [5.41, 5.74) is -2.07. The first-order valence-corrected chi connectivity index (χ1v) is 4.75. The van der Waals surface area contributed by atoms with Gasteiger partial charge in [-0.2, -0.15) is 8.78 Å². The van der Waals surface area contributed by atoms with Crippen LogP contribution in [0, 0.1) is 0 Å². The highest BCUT2D eigenvalue weighted by Gasteiger charge is 2.32. The minimum absolute atomic E-state index is 0.205. The number of rotatable bonds is 4. The van der Waals surface area contributed by atoms with Crippen molar-refractivity contribution >= 4 is 5.97 Å². The van der Waals surface area contributed by atoms with Crippen LogP contribution in [-0.2, 0) is 10.7 Å². The van der Waals surface area contributed by atoms with Crippen LogP contribution >= 0.6 is 0 Å². The Labute approximate surface area is 96.5 Å². The number of halogens is 2. The van der Waals surface area contributed by atoms with Crippen LogP contribution in [0.2, 0.25) is 0 Å². The van der Waals surface area contributed by atoms with Crippen molar-refractivity contribution in [3.63, 3.8) is 0 Å². The second kappa shape index (κ2) is 4.23. The van der Waals surface area contributed by atoms with Crippen LogP contribution in [0.1, 0.15) is 26.5 Å². The van der Waals surface area contributed by atoms with Gasteiger partial charge in [0.1, 0.15) is 12.0 Å². The number of ether oxygens (including phenoxy) is 1. The SMILES string of the molecule is CC(C)(Oc1cc(C(C)(F)F)ncn1)C(=O)O. The molecule has 1 aromatic rings. The maximum Gasteiger partial charge on any atom is 0.347 e. The summed E-state index contributed by atoms with van der Waals surface area (Å²) in [6.45, 7) is 3.27. The molecule has 0 saturated carbocycles. The summed E-state index contributed by atoms with van der Waals surface area (Å²) in [5.74, 6) is -4.56. The number of aliphatic carboxylic acids is 1. The molecule has 17 heavy (non-hydrogen) atoms. The molecule has 0 radical (unpaired) electrons. The third kappa shape index (κ3) is 3.33. The van der Waals surface area contributed by atoms with Gasteiger partial charge in [-0.25, -0.2) is 14.8 Å². The maximum atomic E-state index is 13.0. The van der Waals surface area contributed by atoms with Crippen LogP contribution in [0.4, 0.5) is 8.78 Å². The molecule has 0 unspecified atom stereocenters. The van der Waals surface area contributed by atoms with Crippen molar-refractivity contribution in [2.75, 3.05) is 0 Å². The Balaban J connectivity index is 2.98. The quantitative estimate of drug-likeness (QED) is 0.877. The first-order chi connectivity index (χ1) is 7.63. The zero-order valence-electron chi connectivity index (χ0n) is 9.57. The predicted octanol–water partition coefficient (Wildman–Crippen LogP) is 1.83. The highest BCUT2D eigenvalue weighted by molar-refractivity contribution is 5.76. The molecule has 0 aliphatic carbocycles. The molecule has 0 spiro atoms. The molecule has 1 rings (SSSR count). The van der Waals surface area contributed by atoms with Gasteiger partial charge in [-0.3, -0.25) is 0 Å². The van der Waals surface area contributed by atoms with E-state index in [2.05, 4.69) is 9.97 Å². The fraction of sp³-hybridized carbons (Fsp3) is 0.500. The Morgan fingerprint density at radius 1 is 1.35 bits per heavy atom. The van der Waals surface area contributed by atoms with E-state index >= 15 is 0 Å². The van der Waals surface area contributed by atoms with E-state index in [1.165, 1.54) is 13.8 Å². The summed E-state index contributed by atoms with van der Waals surface area (Å²) in [7, 11) is 0. The summed E-state index contributed by atoms with van der Waals surface area (Å²) in [6, 6.07) is 0.921. The van der Waals surface area contributed by atoms with E-state index in [1.807, 2.05) is 0 Å². The van der Waals surface area contributed by atoms with Gasteiger partial charge in [0.15, 0.2) is 0 Å². The van der Waals surface area contributed by atoms with E-state index in [9.17, 15) is 13.6 Å². The summed E-state index contributed by atoms with van der Waals surface area (Å²) in [4.78, 5) is 17.8. The van der Waals surface area contributed by atoms with Gasteiger partial charge < -0.3 is 9.84 Å². The zero-order chi connectivity index (χ0) is 13.3. The first kappa shape index (κ1) is 13.3. The van der Waals surface area contributed by atoms with Crippen molar-refractivity contribution in [3.05, 3.63) is 18.1 Å². The van der Waals surface area contributed by atoms with E-state index in [1.54, 1.807) is 0 Å². The Kier molecular flexibility index (Phi) is 3.30. The molecule has 0 amide bonds. The van der Waals surface area contributed by atoms with Crippen LogP contribution in [0.5, 0.6) is 5.88 Å². The fourth-order valence-electron chi connectivity index (χ4n) is 0.940. The minimum Gasteiger partial charge on any atom is -0.478 e. The van der Waals surface area contributed by atoms with Crippen molar-refractivity contribution in [1.29, 1.82) is 0 Å². The van der Waals surface area contributed by atoms with Crippen LogP contribution in [-0.4, -0.2) is 26.6 Å². The average Bonchev–Trinajstić information content (AvgIpc) is 2.15. The molecule has 94 valence electrons. The maximum absolute atomic E-state index is 13.0. The highest BCUT2D eigenvalue weighted by atomic mass is 19.3. The molecule has 0 saturated heterocycles. The molecule has 0 atom stereocenters. The van der Waals surface area contributed by atoms with E-state index in [-0.39, 0.29) is 5.88 Å². The molecule has 5 nitrogen and oxygen atoms in total. The van der Waals surface area contributed by atoms with Crippen LogP contribution in [0.3, 0.4) is 0 Å². The molecule has 1 N–H and O–H groups in total. The van der Waals surface area contributed by atoms with Crippen molar-refractivity contribution in [2.24, 2.45) is 0 Å². The fourth-order valence-corrected chi connectivity index (χ4v) is 0.940. The van der Waals surface area contributed by atoms with Gasteiger partial charge in [-0.15, -0.1) is 0 Å². The third-order valence-corrected chi connectivity index (χ3v) is 1.97. The number of carboxylic acid groups (broad SMARTS) is 1. The summed E-state index contributed by atoms with van der Waals surface area (Å²) in [5, 5.41) is 8.82. The lowest BCUT2D eigenvalue weighted by Gasteiger charge is -2.21. The first-order valence-electron chi connectivity index (χ1n) is 4.75. The smallest absolute Gasteiger partial charge is 0.347 e. The molecule has 1 aromatic heterocycles. The molecule has 0 aromatic carbocycles. The largest absolute Gasteiger partial charge is 0.478 e. The standard InChI is InChI=1S/C10H12F2N2O3/c1-9(2,8(15)16)17-7-4-6(10(3,11)12)13-5-14-7/h4-5H,1-3H3,(H,15,16). The monoisotopic (exact) mass is 246 g/mol. The van der Waals surface area contributed by atoms with E-state index in [0.29, 0.717) is 6.92 Å². The van der Waals surface area contributed by atoms with Gasteiger partial charge >= 0.3 is 5.97 Å². The summed E-state index contributed by atoms with van der Waals surface area (Å²) >= 11 is 0. The van der Waals surface area contributed by atoms with E-state index < -0.39 is 23.2 Å². The molecule has 0 aliphatic rings. The molecule has 0 fully saturated rings. The Hall–Kier alpha value is -1.79. The molecule has 7 heteroatoms. The molecule has 1 heterocycles. The molecular formula is C10H12F2N2O3. The van der Waals surface area contributed by atoms with E-state index in [4.69, 9.17) is 9.84 Å². The lowest BCUT2D eigenvalue weighted by Crippen LogP contribution is -2.38. The number of carbonyl (C=O) groups is 1. The van der Waals surface area contributed by atoms with E-state index in [0.717, 1.165) is 12.4 Å². The highest BCUT2D eigenvalue weighted by Crippen LogP contribution is 2.27. The third-order valence-electron chi connectivity index (χ3n) is 1.97. The minimum atomic E-state index is -3.13. The molecule has 0 aliphatic heterocycles. The van der Waals surface area contributed by atoms with Gasteiger partial charge in [0.05, 0.1) is 0 Å². The predicted molar refractivity (Wildman–Crippen MR) is 53.9 cm³/mol. The van der Waals surface area contributed by atoms with Crippen LogP contribution < -0.4 is 4.74 Å². The topological polar surface area (TPSA) is 72.3 Å². The number of carboxylic acids is 1. The van der Waals surface area contributed by atoms with Gasteiger partial charge in [0.25, 0.3) is 5.92 Å². The molecular weight excluding hydrogens is 234 g/mol. The van der Waals surface area contributed by atoms with Crippen LogP contribution in [0.25, 0.3) is 0 Å². The number of aromatic nitrogens is 2. The zero-order valence-corrected chi connectivity index (χ0v) is 9.57. The van der Waals surface area contributed by atoms with Gasteiger partial charge in [0, 0.05) is 13.0 Å². The second-order valence-corrected chi connectivity index (χ2v) is 4.05. The van der Waals surface area contributed by atoms with Gasteiger partial charge in [0.2, 0.25) is 11.5 Å². The number of alkyl halides is 2. The van der Waals surface area contributed by atoms with Crippen molar-refractivity contribution in [1.82, 2.24) is 9.97 Å². The number of nitrogens with zero attached hydrogens (tertiary/aromatic N) is 2. The number of hydrogen-bond donors (Lipinski definition) is 1. The lowest BCUT2D eigenvalue weighted by atomic mass is 10.1. The number of hydrogen-bond acceptors (Lipinski definition) is 4. The van der Waals surface area contributed by atoms with Crippen molar-refractivity contribution in [3.8, 4) is 5.88 Å². The van der Waals surface area contributed by atoms with Crippen LogP contribution in [0.15, 0.2) is 12.4 Å². The van der Waals surface area contributed by atoms with Gasteiger partial charge in [-0.05, 0) is 13.8 Å².